The van der Waals surface area contributed by atoms with Crippen molar-refractivity contribution in [1.29, 1.82) is 0 Å². The molecule has 0 aliphatic heterocycles. The monoisotopic (exact) mass is 560 g/mol. The largest absolute Gasteiger partial charge is 0.479 e. The van der Waals surface area contributed by atoms with Gasteiger partial charge in [0.2, 0.25) is 0 Å². The van der Waals surface area contributed by atoms with Crippen LogP contribution in [-0.2, 0) is 11.3 Å². The second-order valence-electron chi connectivity index (χ2n) is 10.7. The van der Waals surface area contributed by atoms with Crippen LogP contribution in [0.4, 0.5) is 0 Å². The molecule has 3 aromatic carbocycles. The van der Waals surface area contributed by atoms with Crippen molar-refractivity contribution >= 4 is 34.4 Å². The van der Waals surface area contributed by atoms with E-state index < -0.39 is 12.1 Å². The third-order valence-electron chi connectivity index (χ3n) is 7.58. The number of nitrogens with zero attached hydrogens (tertiary/aromatic N) is 1. The summed E-state index contributed by atoms with van der Waals surface area (Å²) in [5.74, 6) is -0.362. The third kappa shape index (κ3) is 6.18. The van der Waals surface area contributed by atoms with Gasteiger partial charge in [-0.3, -0.25) is 4.79 Å². The number of carbonyl (C=O) groups excluding carboxylic acids is 1. The number of aryl methyl sites for hydroxylation is 1. The molecule has 0 aliphatic carbocycles. The van der Waals surface area contributed by atoms with E-state index in [0.717, 1.165) is 33.3 Å². The fraction of sp³-hybridized carbons (Fsp3) is 0.333. The summed E-state index contributed by atoms with van der Waals surface area (Å²) in [4.78, 5) is 24.7. The Balaban J connectivity index is 1.58. The van der Waals surface area contributed by atoms with Crippen molar-refractivity contribution in [2.24, 2.45) is 0 Å². The van der Waals surface area contributed by atoms with E-state index in [-0.39, 0.29) is 11.9 Å². The molecule has 2 unspecified atom stereocenters. The highest BCUT2D eigenvalue weighted by Gasteiger charge is 2.20. The molecule has 0 spiro atoms. The topological polar surface area (TPSA) is 80.6 Å². The van der Waals surface area contributed by atoms with Crippen LogP contribution in [0.3, 0.4) is 0 Å². The number of nitrogens with one attached hydrogen (secondary N) is 1. The van der Waals surface area contributed by atoms with E-state index in [9.17, 15) is 14.7 Å². The van der Waals surface area contributed by atoms with Crippen molar-refractivity contribution in [3.63, 3.8) is 0 Å². The van der Waals surface area contributed by atoms with Crippen LogP contribution < -0.4 is 10.1 Å². The first kappa shape index (κ1) is 29.2. The number of carbonyl (C=O) groups is 2. The van der Waals surface area contributed by atoms with Crippen LogP contribution in [0.5, 0.6) is 5.75 Å². The maximum atomic E-state index is 13.2. The number of benzene rings is 3. The van der Waals surface area contributed by atoms with Gasteiger partial charge in [-0.15, -0.1) is 0 Å². The van der Waals surface area contributed by atoms with Gasteiger partial charge in [0, 0.05) is 28.7 Å². The molecule has 1 amide bonds. The number of rotatable bonds is 10. The molecule has 7 heteroatoms. The van der Waals surface area contributed by atoms with Gasteiger partial charge in [-0.05, 0) is 85.7 Å². The molecule has 6 nitrogen and oxygen atoms in total. The SMILES string of the molecule is CCC(Oc1cc(Cn2c(C)c(C)c3cc(C(=O)NC(C)c4cccc(C(C)C)c4)ccc32)ccc1Cl)C(=O)O. The van der Waals surface area contributed by atoms with E-state index in [4.69, 9.17) is 16.3 Å². The van der Waals surface area contributed by atoms with Gasteiger partial charge >= 0.3 is 5.97 Å². The predicted molar refractivity (Wildman–Crippen MR) is 161 cm³/mol. The van der Waals surface area contributed by atoms with E-state index in [1.54, 1.807) is 19.1 Å². The molecule has 0 fully saturated rings. The lowest BCUT2D eigenvalue weighted by atomic mass is 9.98. The minimum Gasteiger partial charge on any atom is -0.479 e. The Morgan fingerprint density at radius 1 is 1.00 bits per heavy atom. The summed E-state index contributed by atoms with van der Waals surface area (Å²) in [5, 5.41) is 13.9. The van der Waals surface area contributed by atoms with Crippen LogP contribution in [0.15, 0.2) is 60.7 Å². The first-order valence-electron chi connectivity index (χ1n) is 13.7. The number of aromatic nitrogens is 1. The number of carboxylic acids is 1. The highest BCUT2D eigenvalue weighted by molar-refractivity contribution is 6.32. The molecule has 1 heterocycles. The van der Waals surface area contributed by atoms with Crippen LogP contribution in [0.1, 0.15) is 84.4 Å². The first-order chi connectivity index (χ1) is 19.0. The van der Waals surface area contributed by atoms with Gasteiger partial charge in [-0.25, -0.2) is 4.79 Å². The van der Waals surface area contributed by atoms with E-state index >= 15 is 0 Å². The number of hydrogen-bond acceptors (Lipinski definition) is 3. The number of halogens is 1. The zero-order valence-electron chi connectivity index (χ0n) is 23.9. The maximum Gasteiger partial charge on any atom is 0.344 e. The Morgan fingerprint density at radius 2 is 1.73 bits per heavy atom. The average molecular weight is 561 g/mol. The molecule has 0 saturated carbocycles. The second-order valence-corrected chi connectivity index (χ2v) is 11.1. The summed E-state index contributed by atoms with van der Waals surface area (Å²) in [5.41, 5.74) is 7.07. The van der Waals surface area contributed by atoms with Gasteiger partial charge in [-0.2, -0.15) is 0 Å². The number of aliphatic carboxylic acids is 1. The Kier molecular flexibility index (Phi) is 8.89. The molecule has 40 heavy (non-hydrogen) atoms. The fourth-order valence-electron chi connectivity index (χ4n) is 4.93. The highest BCUT2D eigenvalue weighted by Crippen LogP contribution is 2.31. The predicted octanol–water partition coefficient (Wildman–Crippen LogP) is 7.82. The molecule has 2 atom stereocenters. The molecule has 1 aromatic heterocycles. The molecule has 0 saturated heterocycles. The molecular formula is C33H37ClN2O4. The zero-order valence-corrected chi connectivity index (χ0v) is 24.7. The molecule has 2 N–H and O–H groups in total. The summed E-state index contributed by atoms with van der Waals surface area (Å²) >= 11 is 6.32. The maximum absolute atomic E-state index is 13.2. The smallest absolute Gasteiger partial charge is 0.344 e. The van der Waals surface area contributed by atoms with Gasteiger partial charge in [0.25, 0.3) is 5.91 Å². The van der Waals surface area contributed by atoms with Gasteiger partial charge in [-0.1, -0.05) is 62.7 Å². The van der Waals surface area contributed by atoms with Crippen molar-refractivity contribution in [2.45, 2.75) is 72.6 Å². The number of fused-ring (bicyclic) bond motifs is 1. The van der Waals surface area contributed by atoms with Crippen LogP contribution in [0, 0.1) is 13.8 Å². The summed E-state index contributed by atoms with van der Waals surface area (Å²) in [7, 11) is 0. The average Bonchev–Trinajstić information content (AvgIpc) is 3.17. The summed E-state index contributed by atoms with van der Waals surface area (Å²) < 4.78 is 7.88. The van der Waals surface area contributed by atoms with E-state index in [1.165, 1.54) is 5.56 Å². The van der Waals surface area contributed by atoms with Gasteiger partial charge < -0.3 is 19.7 Å². The fourth-order valence-corrected chi connectivity index (χ4v) is 5.09. The normalized spacial score (nSPS) is 12.9. The molecule has 0 aliphatic rings. The Hall–Kier alpha value is -3.77. The lowest BCUT2D eigenvalue weighted by Gasteiger charge is -2.17. The van der Waals surface area contributed by atoms with Gasteiger partial charge in [0.1, 0.15) is 5.75 Å². The lowest BCUT2D eigenvalue weighted by molar-refractivity contribution is -0.145. The summed E-state index contributed by atoms with van der Waals surface area (Å²) in [6.07, 6.45) is -0.634. The van der Waals surface area contributed by atoms with Crippen molar-refractivity contribution in [3.8, 4) is 5.75 Å². The lowest BCUT2D eigenvalue weighted by Crippen LogP contribution is -2.26. The van der Waals surface area contributed by atoms with E-state index in [0.29, 0.717) is 35.2 Å². The molecule has 4 aromatic rings. The van der Waals surface area contributed by atoms with E-state index in [1.807, 2.05) is 43.3 Å². The molecule has 210 valence electrons. The Bertz CT molecular complexity index is 1560. The van der Waals surface area contributed by atoms with E-state index in [2.05, 4.69) is 49.7 Å². The van der Waals surface area contributed by atoms with Crippen molar-refractivity contribution in [2.75, 3.05) is 0 Å². The molecule has 0 radical (unpaired) electrons. The van der Waals surface area contributed by atoms with Gasteiger partial charge in [0.15, 0.2) is 6.10 Å². The van der Waals surface area contributed by atoms with Gasteiger partial charge in [0.05, 0.1) is 11.1 Å². The molecular weight excluding hydrogens is 524 g/mol. The summed E-state index contributed by atoms with van der Waals surface area (Å²) in [6.45, 7) is 12.7. The van der Waals surface area contributed by atoms with Crippen molar-refractivity contribution in [1.82, 2.24) is 9.88 Å². The Labute approximate surface area is 240 Å². The zero-order chi connectivity index (χ0) is 29.1. The van der Waals surface area contributed by atoms with Crippen LogP contribution in [-0.4, -0.2) is 27.7 Å². The quantitative estimate of drug-likeness (QED) is 0.207. The minimum absolute atomic E-state index is 0.113. The molecule has 4 rings (SSSR count). The minimum atomic E-state index is -1.02. The Morgan fingerprint density at radius 3 is 2.40 bits per heavy atom. The standard InChI is InChI=1S/C33H37ClN2O4/c1-7-30(33(38)39)40-31-15-23(11-13-28(31)34)18-36-22(6)20(4)27-17-26(12-14-29(27)36)32(37)35-21(5)25-10-8-9-24(16-25)19(2)3/h8-17,19,21,30H,7,18H2,1-6H3,(H,35,37)(H,38,39). The summed E-state index contributed by atoms with van der Waals surface area (Å²) in [6, 6.07) is 19.5. The van der Waals surface area contributed by atoms with Crippen LogP contribution >= 0.6 is 11.6 Å². The van der Waals surface area contributed by atoms with Crippen LogP contribution in [0.25, 0.3) is 10.9 Å². The number of ether oxygens (including phenoxy) is 1. The number of hydrogen-bond donors (Lipinski definition) is 2. The highest BCUT2D eigenvalue weighted by atomic mass is 35.5. The van der Waals surface area contributed by atoms with Crippen LogP contribution in [0.2, 0.25) is 5.02 Å². The number of amides is 1. The second kappa shape index (κ2) is 12.2. The first-order valence-corrected chi connectivity index (χ1v) is 14.1. The van der Waals surface area contributed by atoms with Crippen molar-refractivity contribution in [3.05, 3.63) is 99.2 Å². The third-order valence-corrected chi connectivity index (χ3v) is 7.89. The van der Waals surface area contributed by atoms with Crippen molar-refractivity contribution < 1.29 is 19.4 Å². The number of carboxylic acid groups (broad SMARTS) is 1. The molecule has 0 bridgehead atoms.